The first-order valence-electron chi connectivity index (χ1n) is 6.97. The quantitative estimate of drug-likeness (QED) is 0.630. The maximum absolute atomic E-state index is 14.4. The Balaban J connectivity index is 1.67. The Kier molecular flexibility index (Phi) is 3.04. The van der Waals surface area contributed by atoms with E-state index >= 15 is 0 Å². The van der Waals surface area contributed by atoms with Crippen LogP contribution in [-0.4, -0.2) is 20.0 Å². The summed E-state index contributed by atoms with van der Waals surface area (Å²) in [5.41, 5.74) is 2.18. The van der Waals surface area contributed by atoms with E-state index in [1.54, 1.807) is 23.0 Å². The van der Waals surface area contributed by atoms with Crippen molar-refractivity contribution in [1.29, 1.82) is 0 Å². The third-order valence-corrected chi connectivity index (χ3v) is 3.55. The van der Waals surface area contributed by atoms with E-state index < -0.39 is 11.6 Å². The van der Waals surface area contributed by atoms with E-state index in [0.717, 1.165) is 5.69 Å². The van der Waals surface area contributed by atoms with Gasteiger partial charge >= 0.3 is 5.76 Å². The zero-order valence-electron chi connectivity index (χ0n) is 11.9. The van der Waals surface area contributed by atoms with E-state index in [2.05, 4.69) is 15.3 Å². The smallest absolute Gasteiger partial charge is 0.408 e. The van der Waals surface area contributed by atoms with Crippen LogP contribution in [0, 0.1) is 5.82 Å². The molecule has 0 amide bonds. The number of oxazole rings is 1. The molecule has 23 heavy (non-hydrogen) atoms. The average molecular weight is 310 g/mol. The lowest BCUT2D eigenvalue weighted by Crippen LogP contribution is -1.96. The molecule has 6 nitrogen and oxygen atoms in total. The number of halogens is 1. The number of benzene rings is 2. The molecule has 0 spiro atoms. The highest BCUT2D eigenvalue weighted by atomic mass is 19.1. The minimum atomic E-state index is -0.675. The van der Waals surface area contributed by atoms with Crippen LogP contribution in [0.3, 0.4) is 0 Å². The molecule has 0 aliphatic rings. The lowest BCUT2D eigenvalue weighted by atomic mass is 10.1. The van der Waals surface area contributed by atoms with E-state index in [0.29, 0.717) is 11.3 Å². The third-order valence-electron chi connectivity index (χ3n) is 3.55. The highest BCUT2D eigenvalue weighted by Gasteiger charge is 2.13. The molecule has 0 aliphatic carbocycles. The molecular formula is C16H11FN4O2. The number of nitrogens with one attached hydrogen (secondary N) is 1. The summed E-state index contributed by atoms with van der Waals surface area (Å²) in [6.45, 7) is 0. The van der Waals surface area contributed by atoms with Gasteiger partial charge in [-0.05, 0) is 23.8 Å². The molecule has 0 bridgehead atoms. The summed E-state index contributed by atoms with van der Waals surface area (Å²) in [5, 5.41) is 8.11. The van der Waals surface area contributed by atoms with E-state index in [1.807, 2.05) is 30.3 Å². The van der Waals surface area contributed by atoms with Gasteiger partial charge in [0.05, 0.1) is 17.6 Å². The molecule has 0 aliphatic heterocycles. The first-order valence-corrected chi connectivity index (χ1v) is 6.97. The highest BCUT2D eigenvalue weighted by molar-refractivity contribution is 5.73. The zero-order valence-corrected chi connectivity index (χ0v) is 11.9. The Morgan fingerprint density at radius 2 is 2.00 bits per heavy atom. The summed E-state index contributed by atoms with van der Waals surface area (Å²) in [5.74, 6) is -1.19. The molecule has 2 aromatic carbocycles. The predicted molar refractivity (Wildman–Crippen MR) is 81.0 cm³/mol. The van der Waals surface area contributed by atoms with Gasteiger partial charge in [-0.15, -0.1) is 5.10 Å². The van der Waals surface area contributed by atoms with Gasteiger partial charge in [-0.2, -0.15) is 0 Å². The molecule has 1 N–H and O–H groups in total. The van der Waals surface area contributed by atoms with Crippen LogP contribution in [0.2, 0.25) is 0 Å². The minimum Gasteiger partial charge on any atom is -0.408 e. The number of hydrogen-bond acceptors (Lipinski definition) is 4. The van der Waals surface area contributed by atoms with Crippen molar-refractivity contribution in [3.63, 3.8) is 0 Å². The van der Waals surface area contributed by atoms with Crippen molar-refractivity contribution in [2.24, 2.45) is 0 Å². The van der Waals surface area contributed by atoms with Crippen molar-refractivity contribution < 1.29 is 8.81 Å². The van der Waals surface area contributed by atoms with E-state index in [1.165, 1.54) is 0 Å². The average Bonchev–Trinajstić information content (AvgIpc) is 3.18. The van der Waals surface area contributed by atoms with Crippen molar-refractivity contribution in [3.05, 3.63) is 76.3 Å². The summed E-state index contributed by atoms with van der Waals surface area (Å²) in [7, 11) is 0. The summed E-state index contributed by atoms with van der Waals surface area (Å²) in [6, 6.07) is 12.7. The molecular weight excluding hydrogens is 299 g/mol. The number of para-hydroxylation sites is 1. The minimum absolute atomic E-state index is 0.0722. The van der Waals surface area contributed by atoms with E-state index in [4.69, 9.17) is 4.42 Å². The second-order valence-corrected chi connectivity index (χ2v) is 5.09. The fourth-order valence-electron chi connectivity index (χ4n) is 2.45. The number of fused-ring (bicyclic) bond motifs is 1. The van der Waals surface area contributed by atoms with Crippen LogP contribution < -0.4 is 5.76 Å². The second-order valence-electron chi connectivity index (χ2n) is 5.09. The lowest BCUT2D eigenvalue weighted by Gasteiger charge is -2.00. The number of nitrogens with zero attached hydrogens (tertiary/aromatic N) is 3. The van der Waals surface area contributed by atoms with Crippen LogP contribution in [0.5, 0.6) is 0 Å². The van der Waals surface area contributed by atoms with Gasteiger partial charge < -0.3 is 4.42 Å². The number of rotatable bonds is 3. The van der Waals surface area contributed by atoms with Crippen molar-refractivity contribution in [3.8, 4) is 5.69 Å². The zero-order chi connectivity index (χ0) is 15.8. The molecule has 4 aromatic rings. The largest absolute Gasteiger partial charge is 0.417 e. The molecule has 0 saturated carbocycles. The van der Waals surface area contributed by atoms with Crippen LogP contribution in [0.4, 0.5) is 4.39 Å². The third kappa shape index (κ3) is 2.42. The van der Waals surface area contributed by atoms with Gasteiger partial charge in [0, 0.05) is 6.42 Å². The molecule has 2 heterocycles. The van der Waals surface area contributed by atoms with Crippen molar-refractivity contribution in [1.82, 2.24) is 20.0 Å². The Morgan fingerprint density at radius 1 is 1.17 bits per heavy atom. The standard InChI is InChI=1S/C16H11FN4O2/c17-14-10(6-7-13-15(14)18-16(22)23-13)8-11-9-21(20-19-11)12-4-2-1-3-5-12/h1-7,9H,8H2,(H,18,22). The van der Waals surface area contributed by atoms with Crippen LogP contribution in [0.25, 0.3) is 16.8 Å². The second kappa shape index (κ2) is 5.20. The summed E-state index contributed by atoms with van der Waals surface area (Å²) in [6.07, 6.45) is 2.01. The van der Waals surface area contributed by atoms with E-state index in [-0.39, 0.29) is 17.5 Å². The summed E-state index contributed by atoms with van der Waals surface area (Å²) < 4.78 is 20.9. The van der Waals surface area contributed by atoms with Crippen molar-refractivity contribution in [2.75, 3.05) is 0 Å². The normalized spacial score (nSPS) is 11.2. The lowest BCUT2D eigenvalue weighted by molar-refractivity contribution is 0.555. The Labute approximate surface area is 129 Å². The van der Waals surface area contributed by atoms with Gasteiger partial charge in [0.25, 0.3) is 0 Å². The van der Waals surface area contributed by atoms with Gasteiger partial charge in [0.1, 0.15) is 5.52 Å². The molecule has 0 fully saturated rings. The Hall–Kier alpha value is -3.22. The maximum Gasteiger partial charge on any atom is 0.417 e. The van der Waals surface area contributed by atoms with Gasteiger partial charge in [0.2, 0.25) is 0 Å². The molecule has 0 atom stereocenters. The fourth-order valence-corrected chi connectivity index (χ4v) is 2.45. The van der Waals surface area contributed by atoms with Crippen LogP contribution >= 0.6 is 0 Å². The molecule has 0 saturated heterocycles. The van der Waals surface area contributed by atoms with Gasteiger partial charge in [-0.1, -0.05) is 29.5 Å². The summed E-state index contributed by atoms with van der Waals surface area (Å²) >= 11 is 0. The highest BCUT2D eigenvalue weighted by Crippen LogP contribution is 2.20. The Bertz CT molecular complexity index is 1030. The van der Waals surface area contributed by atoms with Crippen molar-refractivity contribution in [2.45, 2.75) is 6.42 Å². The molecule has 0 unspecified atom stereocenters. The monoisotopic (exact) mass is 310 g/mol. The van der Waals surface area contributed by atoms with Gasteiger partial charge in [0.15, 0.2) is 11.4 Å². The van der Waals surface area contributed by atoms with Gasteiger partial charge in [-0.3, -0.25) is 4.98 Å². The fraction of sp³-hybridized carbons (Fsp3) is 0.0625. The molecule has 7 heteroatoms. The van der Waals surface area contributed by atoms with E-state index in [9.17, 15) is 9.18 Å². The predicted octanol–water partition coefficient (Wildman–Crippen LogP) is 2.43. The van der Waals surface area contributed by atoms with Crippen LogP contribution in [0.1, 0.15) is 11.3 Å². The number of aromatic amines is 1. The topological polar surface area (TPSA) is 76.7 Å². The first-order chi connectivity index (χ1) is 11.2. The molecule has 4 rings (SSSR count). The number of hydrogen-bond donors (Lipinski definition) is 1. The molecule has 114 valence electrons. The molecule has 2 aromatic heterocycles. The number of H-pyrrole nitrogens is 1. The number of aromatic nitrogens is 4. The summed E-state index contributed by atoms with van der Waals surface area (Å²) in [4.78, 5) is 13.5. The Morgan fingerprint density at radius 3 is 2.83 bits per heavy atom. The first kappa shape index (κ1) is 13.4. The van der Waals surface area contributed by atoms with Gasteiger partial charge in [-0.25, -0.2) is 13.9 Å². The van der Waals surface area contributed by atoms with Crippen molar-refractivity contribution >= 4 is 11.1 Å². The van der Waals surface area contributed by atoms with Crippen LogP contribution in [-0.2, 0) is 6.42 Å². The van der Waals surface area contributed by atoms with Crippen LogP contribution in [0.15, 0.2) is 57.9 Å². The molecule has 0 radical (unpaired) electrons. The SMILES string of the molecule is O=c1[nH]c2c(F)c(Cc3cn(-c4ccccc4)nn3)ccc2o1. The maximum atomic E-state index is 14.4.